The molecule has 2 aliphatic rings. The Balaban J connectivity index is 2.33. The summed E-state index contributed by atoms with van der Waals surface area (Å²) >= 11 is 0. The number of hydrogen-bond acceptors (Lipinski definition) is 3. The van der Waals surface area contributed by atoms with Gasteiger partial charge < -0.3 is 8.85 Å². The van der Waals surface area contributed by atoms with Crippen molar-refractivity contribution in [1.82, 2.24) is 0 Å². The Hall–Kier alpha value is -0.676. The molecule has 2 aliphatic carbocycles. The van der Waals surface area contributed by atoms with Gasteiger partial charge in [-0.05, 0) is 55.0 Å². The maximum Gasteiger partial charge on any atom is 0.193 e. The van der Waals surface area contributed by atoms with E-state index in [9.17, 15) is 4.79 Å². The quantitative estimate of drug-likeness (QED) is 0.234. The van der Waals surface area contributed by atoms with Gasteiger partial charge >= 0.3 is 0 Å². The fraction of sp³-hybridized carbons (Fsp3) is 0.815. The summed E-state index contributed by atoms with van der Waals surface area (Å²) in [5, 5.41) is 0.233. The van der Waals surface area contributed by atoms with E-state index < -0.39 is 16.6 Å². The number of carbonyl (C=O) groups is 1. The molecule has 182 valence electrons. The average Bonchev–Trinajstić information content (AvgIpc) is 2.90. The van der Waals surface area contributed by atoms with Crippen LogP contribution in [0.5, 0.6) is 0 Å². The molecule has 0 amide bonds. The highest BCUT2D eigenvalue weighted by atomic mass is 28.4. The molecule has 0 aliphatic heterocycles. The third-order valence-electron chi connectivity index (χ3n) is 8.43. The van der Waals surface area contributed by atoms with Crippen molar-refractivity contribution in [2.45, 2.75) is 129 Å². The second kappa shape index (κ2) is 9.90. The number of carbonyl (C=O) groups excluding carboxylic acids is 1. The van der Waals surface area contributed by atoms with E-state index in [0.29, 0.717) is 17.9 Å². The van der Waals surface area contributed by atoms with E-state index in [-0.39, 0.29) is 34.0 Å². The molecular weight excluding hydrogens is 428 g/mol. The summed E-state index contributed by atoms with van der Waals surface area (Å²) in [6.45, 7) is 26.8. The van der Waals surface area contributed by atoms with Crippen molar-refractivity contribution in [2.75, 3.05) is 0 Å². The average molecular weight is 477 g/mol. The van der Waals surface area contributed by atoms with E-state index in [1.807, 2.05) is 0 Å². The van der Waals surface area contributed by atoms with Gasteiger partial charge in [0.05, 0.1) is 12.0 Å². The van der Waals surface area contributed by atoms with E-state index in [0.717, 1.165) is 0 Å². The van der Waals surface area contributed by atoms with Crippen molar-refractivity contribution in [1.29, 1.82) is 0 Å². The fourth-order valence-corrected chi connectivity index (χ4v) is 6.59. The van der Waals surface area contributed by atoms with Gasteiger partial charge in [0.2, 0.25) is 0 Å². The van der Waals surface area contributed by atoms with E-state index in [4.69, 9.17) is 8.85 Å². The summed E-state index contributed by atoms with van der Waals surface area (Å²) in [6, 6.07) is 0. The molecular formula is C27H48O3Si2. The van der Waals surface area contributed by atoms with Crippen LogP contribution in [0, 0.1) is 23.7 Å². The Morgan fingerprint density at radius 2 is 1.47 bits per heavy atom. The predicted molar refractivity (Wildman–Crippen MR) is 141 cm³/mol. The van der Waals surface area contributed by atoms with Gasteiger partial charge in [-0.2, -0.15) is 0 Å². The topological polar surface area (TPSA) is 35.5 Å². The Morgan fingerprint density at radius 1 is 0.938 bits per heavy atom. The third kappa shape index (κ3) is 6.46. The second-order valence-corrected chi connectivity index (χ2v) is 22.5. The first-order valence-corrected chi connectivity index (χ1v) is 18.4. The van der Waals surface area contributed by atoms with Crippen LogP contribution in [-0.2, 0) is 13.6 Å². The summed E-state index contributed by atoms with van der Waals surface area (Å²) in [4.78, 5) is 12.6. The summed E-state index contributed by atoms with van der Waals surface area (Å²) in [7, 11) is -3.96. The molecule has 3 nitrogen and oxygen atoms in total. The lowest BCUT2D eigenvalue weighted by molar-refractivity contribution is -0.115. The largest absolute Gasteiger partial charge is 0.412 e. The van der Waals surface area contributed by atoms with Crippen LogP contribution in [0.2, 0.25) is 36.3 Å². The van der Waals surface area contributed by atoms with Gasteiger partial charge in [-0.1, -0.05) is 79.2 Å². The van der Waals surface area contributed by atoms with Crippen molar-refractivity contribution in [3.63, 3.8) is 0 Å². The van der Waals surface area contributed by atoms with Gasteiger partial charge in [0.15, 0.2) is 22.4 Å². The number of rotatable bonds is 5. The molecule has 0 aromatic heterocycles. The van der Waals surface area contributed by atoms with Gasteiger partial charge in [0.25, 0.3) is 0 Å². The highest BCUT2D eigenvalue weighted by Crippen LogP contribution is 2.42. The minimum absolute atomic E-state index is 0.0618. The SMILES string of the molecule is C=C1C(=O)C[C@@H](O[Si](C)(C)C(C)(C)C)[C@@H]1C#CC(O[Si](C)(C)C(C)(C)C)C1CCCCC1. The molecule has 0 aromatic rings. The van der Waals surface area contributed by atoms with Crippen LogP contribution < -0.4 is 0 Å². The highest BCUT2D eigenvalue weighted by Gasteiger charge is 2.45. The maximum atomic E-state index is 12.6. The fourth-order valence-electron chi connectivity index (χ4n) is 4.02. The van der Waals surface area contributed by atoms with Gasteiger partial charge in [-0.3, -0.25) is 4.79 Å². The van der Waals surface area contributed by atoms with Crippen LogP contribution in [-0.4, -0.2) is 34.6 Å². The van der Waals surface area contributed by atoms with Crippen molar-refractivity contribution < 1.29 is 13.6 Å². The minimum atomic E-state index is -2.01. The Morgan fingerprint density at radius 3 is 1.97 bits per heavy atom. The molecule has 32 heavy (non-hydrogen) atoms. The van der Waals surface area contributed by atoms with Gasteiger partial charge in [-0.15, -0.1) is 0 Å². The maximum absolute atomic E-state index is 12.6. The summed E-state index contributed by atoms with van der Waals surface area (Å²) in [5.74, 6) is 7.40. The van der Waals surface area contributed by atoms with Gasteiger partial charge in [0.1, 0.15) is 6.10 Å². The van der Waals surface area contributed by atoms with Crippen LogP contribution >= 0.6 is 0 Å². The third-order valence-corrected chi connectivity index (χ3v) is 17.4. The van der Waals surface area contributed by atoms with E-state index in [2.05, 4.69) is 86.2 Å². The Labute approximate surface area is 200 Å². The lowest BCUT2D eigenvalue weighted by Gasteiger charge is -2.41. The first kappa shape index (κ1) is 27.6. The monoisotopic (exact) mass is 476 g/mol. The van der Waals surface area contributed by atoms with Crippen LogP contribution in [0.3, 0.4) is 0 Å². The van der Waals surface area contributed by atoms with E-state index in [1.54, 1.807) is 0 Å². The molecule has 2 fully saturated rings. The molecule has 3 atom stereocenters. The molecule has 5 heteroatoms. The predicted octanol–water partition coefficient (Wildman–Crippen LogP) is 7.50. The van der Waals surface area contributed by atoms with Crippen molar-refractivity contribution in [2.24, 2.45) is 11.8 Å². The van der Waals surface area contributed by atoms with E-state index >= 15 is 0 Å². The smallest absolute Gasteiger partial charge is 0.193 e. The zero-order valence-corrected chi connectivity index (χ0v) is 24.5. The second-order valence-electron chi connectivity index (χ2n) is 13.0. The minimum Gasteiger partial charge on any atom is -0.412 e. The van der Waals surface area contributed by atoms with Crippen LogP contribution in [0.15, 0.2) is 12.2 Å². The van der Waals surface area contributed by atoms with Crippen LogP contribution in [0.1, 0.15) is 80.1 Å². The lowest BCUT2D eigenvalue weighted by Crippen LogP contribution is -2.46. The molecule has 0 radical (unpaired) electrons. The lowest BCUT2D eigenvalue weighted by atomic mass is 9.85. The molecule has 0 bridgehead atoms. The molecule has 2 saturated carbocycles. The summed E-state index contributed by atoms with van der Waals surface area (Å²) in [6.07, 6.45) is 6.36. The standard InChI is InChI=1S/C27H48O3Si2/c1-20-22(25(19-23(20)28)30-32(10,11)27(5,6)7)17-18-24(21-15-13-12-14-16-21)29-31(8,9)26(2,3)4/h21-22,24-25H,1,12-16,19H2,2-11H3/t22-,24?,25-/m1/s1. The number of ketones is 1. The zero-order chi connectivity index (χ0) is 24.5. The molecule has 2 rings (SSSR count). The summed E-state index contributed by atoms with van der Waals surface area (Å²) < 4.78 is 13.5. The molecule has 0 aromatic carbocycles. The van der Waals surface area contributed by atoms with Crippen molar-refractivity contribution >= 4 is 22.4 Å². The van der Waals surface area contributed by atoms with Gasteiger partial charge in [0, 0.05) is 12.0 Å². The van der Waals surface area contributed by atoms with Crippen molar-refractivity contribution in [3.8, 4) is 11.8 Å². The first-order chi connectivity index (χ1) is 14.5. The molecule has 0 saturated heterocycles. The first-order valence-electron chi connectivity index (χ1n) is 12.5. The van der Waals surface area contributed by atoms with Gasteiger partial charge in [-0.25, -0.2) is 0 Å². The highest BCUT2D eigenvalue weighted by molar-refractivity contribution is 6.74. The molecule has 1 unspecified atom stereocenters. The molecule has 0 N–H and O–H groups in total. The van der Waals surface area contributed by atoms with Crippen molar-refractivity contribution in [3.05, 3.63) is 12.2 Å². The van der Waals surface area contributed by atoms with Crippen LogP contribution in [0.25, 0.3) is 0 Å². The zero-order valence-electron chi connectivity index (χ0n) is 22.5. The number of Topliss-reactive ketones (excluding diaryl/α,β-unsaturated/α-hetero) is 1. The van der Waals surface area contributed by atoms with Crippen LogP contribution in [0.4, 0.5) is 0 Å². The summed E-state index contributed by atoms with van der Waals surface area (Å²) in [5.41, 5.74) is 0.621. The number of hydrogen-bond donors (Lipinski definition) is 0. The van der Waals surface area contributed by atoms with E-state index in [1.165, 1.54) is 32.1 Å². The molecule has 0 heterocycles. The normalized spacial score (nSPS) is 24.9. The Bertz CT molecular complexity index is 752. The Kier molecular flexibility index (Phi) is 8.53. The molecule has 0 spiro atoms.